The Labute approximate surface area is 503 Å². The first-order valence-corrected chi connectivity index (χ1v) is 35.4. The van der Waals surface area contributed by atoms with Crippen molar-refractivity contribution in [3.8, 4) is 0 Å². The van der Waals surface area contributed by atoms with E-state index in [4.69, 9.17) is 14.2 Å². The third kappa shape index (κ3) is 67.5. The Morgan fingerprint density at radius 1 is 0.259 bits per heavy atom. The molecule has 0 rings (SSSR count). The maximum Gasteiger partial charge on any atom is 0.306 e. The molecule has 0 saturated heterocycles. The van der Waals surface area contributed by atoms with E-state index < -0.39 is 6.10 Å². The highest BCUT2D eigenvalue weighted by Crippen LogP contribution is 2.18. The van der Waals surface area contributed by atoms with Crippen LogP contribution in [-0.4, -0.2) is 37.2 Å². The molecule has 0 aliphatic carbocycles. The lowest BCUT2D eigenvalue weighted by molar-refractivity contribution is -0.167. The third-order valence-electron chi connectivity index (χ3n) is 15.7. The van der Waals surface area contributed by atoms with Crippen LogP contribution < -0.4 is 0 Å². The summed E-state index contributed by atoms with van der Waals surface area (Å²) < 4.78 is 16.9. The van der Waals surface area contributed by atoms with Gasteiger partial charge in [0.25, 0.3) is 0 Å². The number of carbonyl (C=O) groups excluding carboxylic acids is 3. The number of hydrogen-bond acceptors (Lipinski definition) is 6. The van der Waals surface area contributed by atoms with Crippen LogP contribution in [0.1, 0.15) is 367 Å². The van der Waals surface area contributed by atoms with Crippen molar-refractivity contribution in [2.75, 3.05) is 13.2 Å². The van der Waals surface area contributed by atoms with Gasteiger partial charge in [0.1, 0.15) is 13.2 Å². The van der Waals surface area contributed by atoms with E-state index in [1.165, 1.54) is 244 Å². The zero-order valence-electron chi connectivity index (χ0n) is 54.1. The van der Waals surface area contributed by atoms with Crippen LogP contribution in [-0.2, 0) is 28.6 Å². The number of allylic oxidation sites excluding steroid dienone is 12. The summed E-state index contributed by atoms with van der Waals surface area (Å²) in [5.41, 5.74) is 0. The minimum atomic E-state index is -0.807. The van der Waals surface area contributed by atoms with Gasteiger partial charge in [0.15, 0.2) is 6.10 Å². The van der Waals surface area contributed by atoms with Gasteiger partial charge in [-0.2, -0.15) is 0 Å². The van der Waals surface area contributed by atoms with Gasteiger partial charge in [-0.15, -0.1) is 0 Å². The minimum absolute atomic E-state index is 0.0961. The first-order valence-electron chi connectivity index (χ1n) is 35.4. The smallest absolute Gasteiger partial charge is 0.306 e. The van der Waals surface area contributed by atoms with Gasteiger partial charge < -0.3 is 14.2 Å². The van der Waals surface area contributed by atoms with E-state index in [2.05, 4.69) is 93.7 Å². The van der Waals surface area contributed by atoms with Gasteiger partial charge in [0, 0.05) is 19.3 Å². The largest absolute Gasteiger partial charge is 0.462 e. The predicted molar refractivity (Wildman–Crippen MR) is 353 cm³/mol. The van der Waals surface area contributed by atoms with E-state index in [0.29, 0.717) is 19.3 Å². The van der Waals surface area contributed by atoms with Crippen molar-refractivity contribution in [3.63, 3.8) is 0 Å². The van der Waals surface area contributed by atoms with Crippen molar-refractivity contribution < 1.29 is 28.6 Å². The van der Waals surface area contributed by atoms with E-state index in [1.54, 1.807) is 0 Å². The highest BCUT2D eigenvalue weighted by atomic mass is 16.6. The Balaban J connectivity index is 4.28. The summed E-state index contributed by atoms with van der Waals surface area (Å²) in [4.78, 5) is 38.4. The predicted octanol–water partition coefficient (Wildman–Crippen LogP) is 24.4. The molecule has 1 atom stereocenters. The fourth-order valence-electron chi connectivity index (χ4n) is 10.4. The molecule has 6 heteroatoms. The fourth-order valence-corrected chi connectivity index (χ4v) is 10.4. The number of esters is 3. The van der Waals surface area contributed by atoms with Gasteiger partial charge in [-0.1, -0.05) is 338 Å². The van der Waals surface area contributed by atoms with Crippen LogP contribution in [0.2, 0.25) is 0 Å². The first kappa shape index (κ1) is 77.9. The number of carbonyl (C=O) groups is 3. The summed E-state index contributed by atoms with van der Waals surface area (Å²) in [7, 11) is 0. The van der Waals surface area contributed by atoms with E-state index >= 15 is 0 Å². The van der Waals surface area contributed by atoms with E-state index in [9.17, 15) is 14.4 Å². The molecule has 0 radical (unpaired) electrons. The molecule has 0 N–H and O–H groups in total. The molecule has 0 bridgehead atoms. The summed E-state index contributed by atoms with van der Waals surface area (Å²) in [6.45, 7) is 6.53. The molecule has 0 saturated carbocycles. The Morgan fingerprint density at radius 3 is 0.802 bits per heavy atom. The summed E-state index contributed by atoms with van der Waals surface area (Å²) in [6, 6.07) is 0. The summed E-state index contributed by atoms with van der Waals surface area (Å²) in [5.74, 6) is -0.940. The van der Waals surface area contributed by atoms with Crippen LogP contribution in [0.5, 0.6) is 0 Å². The molecule has 470 valence electrons. The summed E-state index contributed by atoms with van der Waals surface area (Å²) >= 11 is 0. The fraction of sp³-hybridized carbons (Fsp3) is 0.800. The first-order chi connectivity index (χ1) is 40.0. The molecule has 0 aromatic rings. The standard InChI is InChI=1S/C75H134O6/c1-4-7-10-13-16-19-22-25-28-31-32-33-34-35-36-37-38-39-40-41-42-45-47-50-53-56-59-62-65-68-74(77)80-71-72(81-75(78)69-66-63-60-57-54-51-48-44-30-27-24-21-18-15-12-9-6-3)70-79-73(76)67-64-61-58-55-52-49-46-43-29-26-23-20-17-14-11-8-5-2/h9,12,18,21,26-27,29-30,48,51,57,60,72H,4-8,10-11,13-17,19-20,22-25,28,31-47,49-50,52-56,58-59,61-71H2,1-3H3/b12-9-,21-18-,29-26-,30-27-,51-48-,60-57-. The zero-order chi connectivity index (χ0) is 58.5. The van der Waals surface area contributed by atoms with E-state index in [-0.39, 0.29) is 37.5 Å². The van der Waals surface area contributed by atoms with Crippen molar-refractivity contribution >= 4 is 17.9 Å². The molecule has 6 nitrogen and oxygen atoms in total. The van der Waals surface area contributed by atoms with Gasteiger partial charge in [0.05, 0.1) is 0 Å². The monoisotopic (exact) mass is 1130 g/mol. The van der Waals surface area contributed by atoms with Crippen molar-refractivity contribution in [2.24, 2.45) is 0 Å². The second-order valence-corrected chi connectivity index (χ2v) is 23.8. The Bertz CT molecular complexity index is 1490. The summed E-state index contributed by atoms with van der Waals surface area (Å²) in [5, 5.41) is 0. The lowest BCUT2D eigenvalue weighted by atomic mass is 10.0. The molecule has 1 unspecified atom stereocenters. The Morgan fingerprint density at radius 2 is 0.494 bits per heavy atom. The molecule has 0 aromatic heterocycles. The molecular formula is C75H134O6. The highest BCUT2D eigenvalue weighted by Gasteiger charge is 2.19. The number of rotatable bonds is 65. The minimum Gasteiger partial charge on any atom is -0.462 e. The van der Waals surface area contributed by atoms with Gasteiger partial charge in [-0.3, -0.25) is 14.4 Å². The Hall–Kier alpha value is -3.15. The van der Waals surface area contributed by atoms with Crippen molar-refractivity contribution in [2.45, 2.75) is 374 Å². The highest BCUT2D eigenvalue weighted by molar-refractivity contribution is 5.71. The van der Waals surface area contributed by atoms with E-state index in [0.717, 1.165) is 77.0 Å². The average molecular weight is 1130 g/mol. The molecule has 0 aromatic carbocycles. The van der Waals surface area contributed by atoms with Crippen LogP contribution >= 0.6 is 0 Å². The molecule has 81 heavy (non-hydrogen) atoms. The maximum absolute atomic E-state index is 12.9. The molecule has 0 aliphatic heterocycles. The van der Waals surface area contributed by atoms with Crippen LogP contribution in [0.4, 0.5) is 0 Å². The second-order valence-electron chi connectivity index (χ2n) is 23.8. The molecule has 0 fully saturated rings. The lowest BCUT2D eigenvalue weighted by Crippen LogP contribution is -2.30. The maximum atomic E-state index is 12.9. The van der Waals surface area contributed by atoms with Crippen LogP contribution in [0, 0.1) is 0 Å². The van der Waals surface area contributed by atoms with E-state index in [1.807, 2.05) is 0 Å². The quantitative estimate of drug-likeness (QED) is 0.0261. The molecule has 0 spiro atoms. The second kappa shape index (κ2) is 69.3. The van der Waals surface area contributed by atoms with Crippen LogP contribution in [0.3, 0.4) is 0 Å². The third-order valence-corrected chi connectivity index (χ3v) is 15.7. The SMILES string of the molecule is CC/C=C\C/C=C\C/C=C\C/C=C\C/C=C\CCCC(=O)OC(COC(=O)CCCCCCCCC/C=C\CCCCCCCC)COC(=O)CCCCCCCCCCCCCCCCCCCCCCCCCCCCCCC. The lowest BCUT2D eigenvalue weighted by Gasteiger charge is -2.18. The number of hydrogen-bond donors (Lipinski definition) is 0. The van der Waals surface area contributed by atoms with Gasteiger partial charge in [-0.05, 0) is 83.5 Å². The number of ether oxygens (including phenoxy) is 3. The molecule has 0 amide bonds. The zero-order valence-corrected chi connectivity index (χ0v) is 54.1. The van der Waals surface area contributed by atoms with Crippen LogP contribution in [0.15, 0.2) is 72.9 Å². The normalized spacial score (nSPS) is 12.5. The molecular weight excluding hydrogens is 997 g/mol. The molecule has 0 heterocycles. The van der Waals surface area contributed by atoms with Crippen molar-refractivity contribution in [3.05, 3.63) is 72.9 Å². The van der Waals surface area contributed by atoms with Gasteiger partial charge >= 0.3 is 17.9 Å². The number of unbranched alkanes of at least 4 members (excludes halogenated alkanes) is 42. The topological polar surface area (TPSA) is 78.9 Å². The van der Waals surface area contributed by atoms with Crippen LogP contribution in [0.25, 0.3) is 0 Å². The van der Waals surface area contributed by atoms with Crippen molar-refractivity contribution in [1.82, 2.24) is 0 Å². The molecule has 0 aliphatic rings. The Kier molecular flexibility index (Phi) is 66.6. The van der Waals surface area contributed by atoms with Gasteiger partial charge in [0.2, 0.25) is 0 Å². The average Bonchev–Trinajstić information content (AvgIpc) is 3.47. The summed E-state index contributed by atoms with van der Waals surface area (Å²) in [6.07, 6.45) is 90.9. The van der Waals surface area contributed by atoms with Gasteiger partial charge in [-0.25, -0.2) is 0 Å². The van der Waals surface area contributed by atoms with Crippen molar-refractivity contribution in [1.29, 1.82) is 0 Å².